The van der Waals surface area contributed by atoms with Crippen LogP contribution in [-0.2, 0) is 0 Å². The first-order valence-electron chi connectivity index (χ1n) is 23.1. The van der Waals surface area contributed by atoms with Gasteiger partial charge in [0.2, 0.25) is 5.28 Å². The fourth-order valence-electron chi connectivity index (χ4n) is 9.67. The minimum absolute atomic E-state index is 0.263. The summed E-state index contributed by atoms with van der Waals surface area (Å²) in [7, 11) is 0. The molecule has 2 heterocycles. The van der Waals surface area contributed by atoms with E-state index in [0.717, 1.165) is 77.4 Å². The van der Waals surface area contributed by atoms with E-state index >= 15 is 0 Å². The average Bonchev–Trinajstić information content (AvgIpc) is 3.43. The molecule has 0 aliphatic rings. The Morgan fingerprint density at radius 3 is 1.22 bits per heavy atom. The standard InChI is InChI=1S/C40H26N2.C24H15ClN2/c1-3-13-28(14-4-1)36-26-37-38(29-16-5-2-6-17-29)41-40(42-39(37)35-23-10-9-22-34(35)36)31-20-11-19-30(25-31)33-24-12-18-27-15-7-8-21-32(27)33;25-24-26-22(17-11-5-2-6-12-17)21-15-20(16-9-3-1-4-10-16)18-13-7-8-14-19(18)23(21)27-24/h1-26H;1-15H. The minimum Gasteiger partial charge on any atom is -0.227 e. The lowest BCUT2D eigenvalue weighted by atomic mass is 9.93. The summed E-state index contributed by atoms with van der Waals surface area (Å²) in [5.74, 6) is 0.723. The molecule has 0 amide bonds. The van der Waals surface area contributed by atoms with Gasteiger partial charge in [0.1, 0.15) is 0 Å². The Hall–Kier alpha value is -8.83. The molecule has 0 atom stereocenters. The van der Waals surface area contributed by atoms with Crippen molar-refractivity contribution in [3.63, 3.8) is 0 Å². The number of aromatic nitrogens is 4. The Bertz CT molecular complexity index is 4010. The number of fused-ring (bicyclic) bond motifs is 7. The lowest BCUT2D eigenvalue weighted by Gasteiger charge is -2.15. The second-order valence-electron chi connectivity index (χ2n) is 17.0. The minimum atomic E-state index is 0.263. The first-order valence-corrected chi connectivity index (χ1v) is 23.5. The smallest absolute Gasteiger partial charge is 0.223 e. The van der Waals surface area contributed by atoms with Crippen LogP contribution in [0.25, 0.3) is 121 Å². The maximum atomic E-state index is 6.31. The molecular formula is C64H41ClN4. The maximum Gasteiger partial charge on any atom is 0.223 e. The SMILES string of the molecule is Clc1nc(-c2ccccc2)c2cc(-c3ccccc3)c3ccccc3c2n1.c1ccc(-c2cc3c(-c4ccccc4)nc(-c4cccc(-c5cccc6ccccc56)c4)nc3c3ccccc23)cc1. The Morgan fingerprint density at radius 1 is 0.246 bits per heavy atom. The highest BCUT2D eigenvalue weighted by molar-refractivity contribution is 6.29. The van der Waals surface area contributed by atoms with E-state index in [1.807, 2.05) is 36.4 Å². The van der Waals surface area contributed by atoms with Crippen LogP contribution in [0.4, 0.5) is 0 Å². The van der Waals surface area contributed by atoms with Crippen molar-refractivity contribution in [3.05, 3.63) is 254 Å². The first kappa shape index (κ1) is 41.6. The number of hydrogen-bond donors (Lipinski definition) is 0. The summed E-state index contributed by atoms with van der Waals surface area (Å²) >= 11 is 6.31. The first-order chi connectivity index (χ1) is 34.1. The highest BCUT2D eigenvalue weighted by Gasteiger charge is 2.19. The molecule has 0 fully saturated rings. The van der Waals surface area contributed by atoms with E-state index in [-0.39, 0.29) is 5.28 Å². The number of benzene rings is 11. The van der Waals surface area contributed by atoms with Crippen LogP contribution in [0.15, 0.2) is 249 Å². The number of hydrogen-bond acceptors (Lipinski definition) is 4. The van der Waals surface area contributed by atoms with Gasteiger partial charge in [-0.3, -0.25) is 0 Å². The molecule has 0 saturated heterocycles. The molecule has 0 aliphatic carbocycles. The molecule has 13 aromatic rings. The van der Waals surface area contributed by atoms with Gasteiger partial charge < -0.3 is 0 Å². The van der Waals surface area contributed by atoms with Crippen LogP contribution in [0.2, 0.25) is 5.28 Å². The zero-order valence-electron chi connectivity index (χ0n) is 37.3. The van der Waals surface area contributed by atoms with Crippen molar-refractivity contribution in [1.82, 2.24) is 19.9 Å². The van der Waals surface area contributed by atoms with E-state index < -0.39 is 0 Å². The van der Waals surface area contributed by atoms with Gasteiger partial charge in [-0.25, -0.2) is 19.9 Å². The monoisotopic (exact) mass is 900 g/mol. The molecular weight excluding hydrogens is 860 g/mol. The van der Waals surface area contributed by atoms with Crippen molar-refractivity contribution in [1.29, 1.82) is 0 Å². The van der Waals surface area contributed by atoms with E-state index in [2.05, 4.69) is 222 Å². The summed E-state index contributed by atoms with van der Waals surface area (Å²) in [5, 5.41) is 9.33. The molecule has 324 valence electrons. The molecule has 0 saturated carbocycles. The molecule has 0 aliphatic heterocycles. The van der Waals surface area contributed by atoms with Crippen molar-refractivity contribution in [2.24, 2.45) is 0 Å². The highest BCUT2D eigenvalue weighted by Crippen LogP contribution is 2.41. The van der Waals surface area contributed by atoms with E-state index in [1.54, 1.807) is 0 Å². The highest BCUT2D eigenvalue weighted by atomic mass is 35.5. The Labute approximate surface area is 404 Å². The van der Waals surface area contributed by atoms with E-state index in [4.69, 9.17) is 21.6 Å². The summed E-state index contributed by atoms with van der Waals surface area (Å²) < 4.78 is 0. The molecule has 0 unspecified atom stereocenters. The molecule has 5 heteroatoms. The van der Waals surface area contributed by atoms with Gasteiger partial charge >= 0.3 is 0 Å². The third-order valence-corrected chi connectivity index (χ3v) is 13.0. The van der Waals surface area contributed by atoms with Crippen LogP contribution in [0, 0.1) is 0 Å². The molecule has 0 spiro atoms. The lowest BCUT2D eigenvalue weighted by molar-refractivity contribution is 1.23. The second-order valence-corrected chi connectivity index (χ2v) is 17.4. The summed E-state index contributed by atoms with van der Waals surface area (Å²) in [6, 6.07) is 86.6. The van der Waals surface area contributed by atoms with Crippen molar-refractivity contribution >= 4 is 65.7 Å². The van der Waals surface area contributed by atoms with E-state index in [1.165, 1.54) is 44.0 Å². The third-order valence-electron chi connectivity index (χ3n) is 12.9. The van der Waals surface area contributed by atoms with Gasteiger partial charge in [0.25, 0.3) is 0 Å². The summed E-state index contributed by atoms with van der Waals surface area (Å²) in [6.45, 7) is 0. The normalized spacial score (nSPS) is 11.3. The van der Waals surface area contributed by atoms with Gasteiger partial charge in [0, 0.05) is 38.2 Å². The molecule has 0 N–H and O–H groups in total. The predicted octanol–water partition coefficient (Wildman–Crippen LogP) is 17.4. The summed E-state index contributed by atoms with van der Waals surface area (Å²) in [4.78, 5) is 19.7. The van der Waals surface area contributed by atoms with Gasteiger partial charge in [0.05, 0.1) is 22.4 Å². The van der Waals surface area contributed by atoms with Crippen LogP contribution < -0.4 is 0 Å². The van der Waals surface area contributed by atoms with Crippen molar-refractivity contribution in [3.8, 4) is 67.3 Å². The predicted molar refractivity (Wildman–Crippen MR) is 289 cm³/mol. The van der Waals surface area contributed by atoms with Crippen molar-refractivity contribution < 1.29 is 0 Å². The molecule has 69 heavy (non-hydrogen) atoms. The molecule has 0 radical (unpaired) electrons. The summed E-state index contributed by atoms with van der Waals surface area (Å²) in [5.41, 5.74) is 13.8. The molecule has 0 bridgehead atoms. The van der Waals surface area contributed by atoms with Crippen LogP contribution >= 0.6 is 11.6 Å². The molecule has 2 aromatic heterocycles. The average molecular weight is 902 g/mol. The van der Waals surface area contributed by atoms with E-state index in [0.29, 0.717) is 0 Å². The Kier molecular flexibility index (Phi) is 10.9. The fraction of sp³-hybridized carbons (Fsp3) is 0. The van der Waals surface area contributed by atoms with Gasteiger partial charge in [0.15, 0.2) is 5.82 Å². The van der Waals surface area contributed by atoms with Crippen molar-refractivity contribution in [2.75, 3.05) is 0 Å². The lowest BCUT2D eigenvalue weighted by Crippen LogP contribution is -1.97. The van der Waals surface area contributed by atoms with Crippen LogP contribution in [0.1, 0.15) is 0 Å². The molecule has 13 rings (SSSR count). The fourth-order valence-corrected chi connectivity index (χ4v) is 9.84. The van der Waals surface area contributed by atoms with Gasteiger partial charge in [-0.15, -0.1) is 0 Å². The Morgan fingerprint density at radius 2 is 0.652 bits per heavy atom. The number of rotatable bonds is 6. The third kappa shape index (κ3) is 7.93. The van der Waals surface area contributed by atoms with Gasteiger partial charge in [-0.05, 0) is 84.7 Å². The molecule has 4 nitrogen and oxygen atoms in total. The van der Waals surface area contributed by atoms with Crippen molar-refractivity contribution in [2.45, 2.75) is 0 Å². The van der Waals surface area contributed by atoms with Crippen LogP contribution in [0.5, 0.6) is 0 Å². The summed E-state index contributed by atoms with van der Waals surface area (Å²) in [6.07, 6.45) is 0. The van der Waals surface area contributed by atoms with Gasteiger partial charge in [-0.2, -0.15) is 0 Å². The van der Waals surface area contributed by atoms with E-state index in [9.17, 15) is 0 Å². The number of halogens is 1. The number of nitrogens with zero attached hydrogens (tertiary/aromatic N) is 4. The van der Waals surface area contributed by atoms with Crippen LogP contribution in [-0.4, -0.2) is 19.9 Å². The maximum absolute atomic E-state index is 6.31. The van der Waals surface area contributed by atoms with Gasteiger partial charge in [-0.1, -0.05) is 231 Å². The largest absolute Gasteiger partial charge is 0.227 e. The zero-order valence-corrected chi connectivity index (χ0v) is 38.1. The zero-order chi connectivity index (χ0) is 46.1. The molecule has 11 aromatic carbocycles. The second kappa shape index (κ2) is 18.1. The topological polar surface area (TPSA) is 51.6 Å². The quantitative estimate of drug-likeness (QED) is 0.123. The van der Waals surface area contributed by atoms with Crippen LogP contribution in [0.3, 0.4) is 0 Å². The Balaban J connectivity index is 0.000000157.